The van der Waals surface area contributed by atoms with Crippen molar-refractivity contribution in [3.63, 3.8) is 0 Å². The Morgan fingerprint density at radius 3 is 2.57 bits per heavy atom. The summed E-state index contributed by atoms with van der Waals surface area (Å²) in [5.41, 5.74) is 8.42. The number of anilines is 2. The first-order valence-electron chi connectivity index (χ1n) is 9.26. The highest BCUT2D eigenvalue weighted by molar-refractivity contribution is 5.97. The van der Waals surface area contributed by atoms with Crippen LogP contribution in [0.1, 0.15) is 28.1 Å². The van der Waals surface area contributed by atoms with Crippen LogP contribution in [-0.4, -0.2) is 27.9 Å². The Labute approximate surface area is 171 Å². The van der Waals surface area contributed by atoms with E-state index in [2.05, 4.69) is 48.0 Å². The van der Waals surface area contributed by atoms with Crippen molar-refractivity contribution >= 4 is 35.3 Å². The number of carbonyl (C=O) groups is 1. The quantitative estimate of drug-likeness (QED) is 0.573. The van der Waals surface area contributed by atoms with Crippen LogP contribution in [0.5, 0.6) is 0 Å². The molecule has 3 heterocycles. The molecule has 2 aromatic heterocycles. The minimum atomic E-state index is -0.0719. The second-order valence-corrected chi connectivity index (χ2v) is 7.29. The van der Waals surface area contributed by atoms with E-state index in [-0.39, 0.29) is 24.4 Å². The highest BCUT2D eigenvalue weighted by Crippen LogP contribution is 2.26. The van der Waals surface area contributed by atoms with Gasteiger partial charge in [0.15, 0.2) is 5.65 Å². The third-order valence-corrected chi connectivity index (χ3v) is 5.29. The Morgan fingerprint density at radius 1 is 1.25 bits per heavy atom. The van der Waals surface area contributed by atoms with Crippen LogP contribution in [0.25, 0.3) is 5.65 Å². The first-order valence-corrected chi connectivity index (χ1v) is 9.26. The van der Waals surface area contributed by atoms with E-state index in [4.69, 9.17) is 4.98 Å². The number of aryl methyl sites for hydroxylation is 4. The fraction of sp³-hybridized carbons (Fsp3) is 0.333. The van der Waals surface area contributed by atoms with Gasteiger partial charge in [0.2, 0.25) is 5.91 Å². The van der Waals surface area contributed by atoms with Crippen LogP contribution in [-0.2, 0) is 11.3 Å². The molecule has 0 radical (unpaired) electrons. The van der Waals surface area contributed by atoms with Crippen molar-refractivity contribution in [3.8, 4) is 0 Å². The van der Waals surface area contributed by atoms with E-state index in [1.165, 1.54) is 16.7 Å². The largest absolute Gasteiger partial charge is 0.378 e. The van der Waals surface area contributed by atoms with Gasteiger partial charge >= 0.3 is 0 Å². The molecule has 0 unspecified atom stereocenters. The van der Waals surface area contributed by atoms with Crippen molar-refractivity contribution in [1.82, 2.24) is 14.7 Å². The molecule has 148 valence electrons. The Morgan fingerprint density at radius 2 is 1.93 bits per heavy atom. The van der Waals surface area contributed by atoms with Gasteiger partial charge in [0.25, 0.3) is 0 Å². The fourth-order valence-electron chi connectivity index (χ4n) is 3.35. The normalized spacial score (nSPS) is 15.2. The maximum Gasteiger partial charge on any atom is 0.242 e. The fourth-order valence-corrected chi connectivity index (χ4v) is 3.35. The second-order valence-electron chi connectivity index (χ2n) is 7.29. The lowest BCUT2D eigenvalue weighted by Crippen LogP contribution is -2.20. The van der Waals surface area contributed by atoms with Crippen LogP contribution in [0.4, 0.5) is 11.4 Å². The van der Waals surface area contributed by atoms with Crippen LogP contribution in [0, 0.1) is 27.7 Å². The number of imidazole rings is 1. The zero-order valence-electron chi connectivity index (χ0n) is 16.6. The maximum absolute atomic E-state index is 12.2. The summed E-state index contributed by atoms with van der Waals surface area (Å²) in [7, 11) is 0. The van der Waals surface area contributed by atoms with E-state index in [1.54, 1.807) is 0 Å². The first kappa shape index (κ1) is 20.2. The average Bonchev–Trinajstić information content (AvgIpc) is 3.43. The lowest BCUT2D eigenvalue weighted by molar-refractivity contribution is -0.115. The molecule has 28 heavy (non-hydrogen) atoms. The summed E-state index contributed by atoms with van der Waals surface area (Å²) >= 11 is 0. The molecule has 0 bridgehead atoms. The summed E-state index contributed by atoms with van der Waals surface area (Å²) in [5, 5.41) is 9.57. The molecule has 3 N–H and O–H groups in total. The predicted octanol–water partition coefficient (Wildman–Crippen LogP) is 3.51. The molecule has 0 spiro atoms. The summed E-state index contributed by atoms with van der Waals surface area (Å²) in [6.45, 7) is 9.75. The smallest absolute Gasteiger partial charge is 0.242 e. The SMILES string of the molecule is Cc1cccc(C)c1CNc1cc(NC(=O)[C@@H]2CN2)cn2c(C)c(C)nc12.Cl. The molecule has 4 rings (SSSR count). The van der Waals surface area contributed by atoms with Crippen LogP contribution in [0.3, 0.4) is 0 Å². The lowest BCUT2D eigenvalue weighted by atomic mass is 10.0. The van der Waals surface area contributed by atoms with E-state index in [0.29, 0.717) is 6.54 Å². The van der Waals surface area contributed by atoms with Crippen LogP contribution >= 0.6 is 12.4 Å². The minimum Gasteiger partial charge on any atom is -0.378 e. The van der Waals surface area contributed by atoms with Gasteiger partial charge in [-0.25, -0.2) is 4.98 Å². The van der Waals surface area contributed by atoms with Gasteiger partial charge in [-0.3, -0.25) is 4.79 Å². The van der Waals surface area contributed by atoms with E-state index in [1.807, 2.05) is 30.5 Å². The van der Waals surface area contributed by atoms with Crippen molar-refractivity contribution in [3.05, 3.63) is 58.5 Å². The molecule has 7 heteroatoms. The number of rotatable bonds is 5. The number of hydrogen-bond acceptors (Lipinski definition) is 4. The zero-order chi connectivity index (χ0) is 19.1. The number of amides is 1. The summed E-state index contributed by atoms with van der Waals surface area (Å²) in [5.74, 6) is 0.00420. The number of fused-ring (bicyclic) bond motifs is 1. The van der Waals surface area contributed by atoms with E-state index >= 15 is 0 Å². The van der Waals surface area contributed by atoms with Crippen LogP contribution in [0.2, 0.25) is 0 Å². The van der Waals surface area contributed by atoms with Gasteiger partial charge in [-0.2, -0.15) is 0 Å². The number of aromatic nitrogens is 2. The molecular formula is C21H26ClN5O. The topological polar surface area (TPSA) is 80.4 Å². The van der Waals surface area contributed by atoms with Gasteiger partial charge in [-0.05, 0) is 50.5 Å². The maximum atomic E-state index is 12.2. The van der Waals surface area contributed by atoms with Crippen LogP contribution in [0.15, 0.2) is 30.5 Å². The summed E-state index contributed by atoms with van der Waals surface area (Å²) in [4.78, 5) is 16.9. The third-order valence-electron chi connectivity index (χ3n) is 5.29. The monoisotopic (exact) mass is 399 g/mol. The van der Waals surface area contributed by atoms with Gasteiger partial charge in [-0.15, -0.1) is 12.4 Å². The average molecular weight is 400 g/mol. The first-order chi connectivity index (χ1) is 12.9. The molecule has 1 fully saturated rings. The molecule has 0 saturated carbocycles. The molecule has 1 aromatic carbocycles. The van der Waals surface area contributed by atoms with E-state index in [0.717, 1.165) is 35.0 Å². The van der Waals surface area contributed by atoms with Gasteiger partial charge in [-0.1, -0.05) is 18.2 Å². The molecule has 6 nitrogen and oxygen atoms in total. The number of hydrogen-bond donors (Lipinski definition) is 3. The number of carbonyl (C=O) groups excluding carboxylic acids is 1. The minimum absolute atomic E-state index is 0. The van der Waals surface area contributed by atoms with E-state index < -0.39 is 0 Å². The molecule has 1 aliphatic rings. The Kier molecular flexibility index (Phi) is 5.63. The van der Waals surface area contributed by atoms with Crippen molar-refractivity contribution in [1.29, 1.82) is 0 Å². The van der Waals surface area contributed by atoms with Crippen molar-refractivity contribution in [2.24, 2.45) is 0 Å². The molecule has 3 aromatic rings. The number of nitrogens with zero attached hydrogens (tertiary/aromatic N) is 2. The Bertz CT molecular complexity index is 1020. The lowest BCUT2D eigenvalue weighted by Gasteiger charge is -2.14. The van der Waals surface area contributed by atoms with Gasteiger partial charge in [0.05, 0.1) is 23.1 Å². The number of halogens is 1. The summed E-state index contributed by atoms with van der Waals surface area (Å²) < 4.78 is 2.04. The highest BCUT2D eigenvalue weighted by Gasteiger charge is 2.28. The van der Waals surface area contributed by atoms with Crippen LogP contribution < -0.4 is 16.0 Å². The van der Waals surface area contributed by atoms with Gasteiger partial charge in [0.1, 0.15) is 0 Å². The van der Waals surface area contributed by atoms with E-state index in [9.17, 15) is 4.79 Å². The van der Waals surface area contributed by atoms with Gasteiger partial charge < -0.3 is 20.4 Å². The predicted molar refractivity (Wildman–Crippen MR) is 116 cm³/mol. The molecule has 0 aliphatic carbocycles. The second kappa shape index (κ2) is 7.81. The summed E-state index contributed by atoms with van der Waals surface area (Å²) in [6.07, 6.45) is 1.94. The third kappa shape index (κ3) is 3.84. The Balaban J connectivity index is 0.00000225. The molecular weight excluding hydrogens is 374 g/mol. The standard InChI is InChI=1S/C21H25N5O.ClH/c1-12-6-5-7-13(2)17(12)9-22-18-8-16(25-21(27)19-10-23-19)11-26-15(4)14(3)24-20(18)26;/h5-8,11,19,22-23H,9-10H2,1-4H3,(H,25,27);1H/t19-;/m0./s1. The number of nitrogens with one attached hydrogen (secondary N) is 3. The highest BCUT2D eigenvalue weighted by atomic mass is 35.5. The number of pyridine rings is 1. The van der Waals surface area contributed by atoms with Crippen molar-refractivity contribution in [2.45, 2.75) is 40.3 Å². The molecule has 1 saturated heterocycles. The molecule has 1 aliphatic heterocycles. The zero-order valence-corrected chi connectivity index (χ0v) is 17.4. The van der Waals surface area contributed by atoms with Crippen molar-refractivity contribution in [2.75, 3.05) is 17.2 Å². The number of benzene rings is 1. The Hall–Kier alpha value is -2.57. The summed E-state index contributed by atoms with van der Waals surface area (Å²) in [6, 6.07) is 8.23. The van der Waals surface area contributed by atoms with Crippen molar-refractivity contribution < 1.29 is 4.79 Å². The van der Waals surface area contributed by atoms with Gasteiger partial charge in [0, 0.05) is 25.0 Å². The molecule has 1 atom stereocenters. The molecule has 1 amide bonds.